The molecule has 2 rings (SSSR count). The fourth-order valence-corrected chi connectivity index (χ4v) is 2.02. The van der Waals surface area contributed by atoms with Crippen molar-refractivity contribution in [2.75, 3.05) is 10.6 Å². The van der Waals surface area contributed by atoms with Gasteiger partial charge in [-0.05, 0) is 43.3 Å². The van der Waals surface area contributed by atoms with Crippen LogP contribution in [0.15, 0.2) is 42.5 Å². The normalized spacial score (nSPS) is 11.4. The quantitative estimate of drug-likeness (QED) is 0.801. The van der Waals surface area contributed by atoms with Gasteiger partial charge in [-0.3, -0.25) is 9.59 Å². The molecule has 6 nitrogen and oxygen atoms in total. The zero-order valence-corrected chi connectivity index (χ0v) is 14.0. The number of anilines is 2. The van der Waals surface area contributed by atoms with Crippen molar-refractivity contribution in [2.24, 2.45) is 0 Å². The standard InChI is InChI=1S/C18H16F2N2O4/c1-10(26-18(25)15-8-3-12(19)9-16(15)20)17(24)22-14-6-4-13(5-7-14)21-11(2)23/h3-10H,1-2H3,(H,21,23)(H,22,24)/t10-/m1/s1. The van der Waals surface area contributed by atoms with E-state index in [9.17, 15) is 23.2 Å². The summed E-state index contributed by atoms with van der Waals surface area (Å²) in [5, 5.41) is 5.10. The Morgan fingerprint density at radius 2 is 1.54 bits per heavy atom. The molecule has 0 aliphatic heterocycles. The van der Waals surface area contributed by atoms with Gasteiger partial charge in [0.05, 0.1) is 5.56 Å². The molecule has 0 spiro atoms. The number of esters is 1. The lowest BCUT2D eigenvalue weighted by atomic mass is 10.2. The van der Waals surface area contributed by atoms with Crippen LogP contribution < -0.4 is 10.6 Å². The lowest BCUT2D eigenvalue weighted by Gasteiger charge is -2.14. The minimum Gasteiger partial charge on any atom is -0.449 e. The second kappa shape index (κ2) is 8.19. The lowest BCUT2D eigenvalue weighted by molar-refractivity contribution is -0.123. The number of ether oxygens (including phenoxy) is 1. The molecule has 2 aromatic carbocycles. The van der Waals surface area contributed by atoms with Gasteiger partial charge in [0.1, 0.15) is 11.6 Å². The molecule has 0 unspecified atom stereocenters. The van der Waals surface area contributed by atoms with Crippen LogP contribution in [0.1, 0.15) is 24.2 Å². The van der Waals surface area contributed by atoms with Gasteiger partial charge in [0.15, 0.2) is 6.10 Å². The Bertz CT molecular complexity index is 838. The molecule has 0 radical (unpaired) electrons. The highest BCUT2D eigenvalue weighted by atomic mass is 19.1. The predicted molar refractivity (Wildman–Crippen MR) is 90.6 cm³/mol. The van der Waals surface area contributed by atoms with Crippen molar-refractivity contribution < 1.29 is 27.9 Å². The molecule has 0 aliphatic rings. The second-order valence-electron chi connectivity index (χ2n) is 5.42. The van der Waals surface area contributed by atoms with Crippen LogP contribution in [-0.2, 0) is 14.3 Å². The van der Waals surface area contributed by atoms with Crippen LogP contribution in [-0.4, -0.2) is 23.9 Å². The Kier molecular flexibility index (Phi) is 6.00. The molecule has 0 fully saturated rings. The summed E-state index contributed by atoms with van der Waals surface area (Å²) in [6.45, 7) is 2.69. The van der Waals surface area contributed by atoms with E-state index in [1.165, 1.54) is 13.8 Å². The number of amides is 2. The van der Waals surface area contributed by atoms with Crippen molar-refractivity contribution >= 4 is 29.2 Å². The molecular formula is C18H16F2N2O4. The molecule has 136 valence electrons. The first-order chi connectivity index (χ1) is 12.3. The van der Waals surface area contributed by atoms with E-state index in [4.69, 9.17) is 4.74 Å². The van der Waals surface area contributed by atoms with Crippen molar-refractivity contribution in [1.82, 2.24) is 0 Å². The van der Waals surface area contributed by atoms with Crippen molar-refractivity contribution in [3.05, 3.63) is 59.7 Å². The maximum atomic E-state index is 13.6. The van der Waals surface area contributed by atoms with E-state index in [0.717, 1.165) is 12.1 Å². The fraction of sp³-hybridized carbons (Fsp3) is 0.167. The lowest BCUT2D eigenvalue weighted by Crippen LogP contribution is -2.30. The SMILES string of the molecule is CC(=O)Nc1ccc(NC(=O)[C@@H](C)OC(=O)c2ccc(F)cc2F)cc1. The first kappa shape index (κ1) is 19.0. The molecule has 0 bridgehead atoms. The largest absolute Gasteiger partial charge is 0.449 e. The molecule has 0 saturated carbocycles. The van der Waals surface area contributed by atoms with Gasteiger partial charge in [-0.25, -0.2) is 13.6 Å². The third kappa shape index (κ3) is 5.10. The maximum absolute atomic E-state index is 13.6. The highest BCUT2D eigenvalue weighted by Gasteiger charge is 2.21. The smallest absolute Gasteiger partial charge is 0.341 e. The zero-order chi connectivity index (χ0) is 19.3. The van der Waals surface area contributed by atoms with Gasteiger partial charge >= 0.3 is 5.97 Å². The summed E-state index contributed by atoms with van der Waals surface area (Å²) in [5.74, 6) is -3.83. The first-order valence-corrected chi connectivity index (χ1v) is 7.61. The van der Waals surface area contributed by atoms with Gasteiger partial charge in [-0.2, -0.15) is 0 Å². The molecule has 0 aliphatic carbocycles. The Hall–Kier alpha value is -3.29. The van der Waals surface area contributed by atoms with E-state index in [0.29, 0.717) is 17.4 Å². The number of hydrogen-bond acceptors (Lipinski definition) is 4. The monoisotopic (exact) mass is 362 g/mol. The molecule has 0 aromatic heterocycles. The van der Waals surface area contributed by atoms with Crippen LogP contribution in [0.4, 0.5) is 20.2 Å². The third-order valence-electron chi connectivity index (χ3n) is 3.28. The summed E-state index contributed by atoms with van der Waals surface area (Å²) in [6.07, 6.45) is -1.21. The van der Waals surface area contributed by atoms with Crippen molar-refractivity contribution in [3.8, 4) is 0 Å². The molecule has 2 amide bonds. The van der Waals surface area contributed by atoms with Gasteiger partial charge < -0.3 is 15.4 Å². The summed E-state index contributed by atoms with van der Waals surface area (Å²) in [7, 11) is 0. The Labute approximate surface area is 148 Å². The molecule has 0 saturated heterocycles. The summed E-state index contributed by atoms with van der Waals surface area (Å²) in [5.41, 5.74) is 0.507. The van der Waals surface area contributed by atoms with Crippen molar-refractivity contribution in [1.29, 1.82) is 0 Å². The summed E-state index contributed by atoms with van der Waals surface area (Å²) >= 11 is 0. The summed E-state index contributed by atoms with van der Waals surface area (Å²) < 4.78 is 31.3. The molecule has 2 aromatic rings. The van der Waals surface area contributed by atoms with Gasteiger partial charge in [-0.15, -0.1) is 0 Å². The number of halogens is 2. The van der Waals surface area contributed by atoms with E-state index < -0.39 is 35.2 Å². The van der Waals surface area contributed by atoms with E-state index in [-0.39, 0.29) is 5.91 Å². The molecule has 2 N–H and O–H groups in total. The van der Waals surface area contributed by atoms with Gasteiger partial charge in [0.2, 0.25) is 5.91 Å². The molecule has 0 heterocycles. The molecule has 1 atom stereocenters. The van der Waals surface area contributed by atoms with Crippen LogP contribution in [0.25, 0.3) is 0 Å². The predicted octanol–water partition coefficient (Wildman–Crippen LogP) is 3.11. The highest BCUT2D eigenvalue weighted by Crippen LogP contribution is 2.15. The minimum atomic E-state index is -1.21. The average molecular weight is 362 g/mol. The van der Waals surface area contributed by atoms with E-state index >= 15 is 0 Å². The fourth-order valence-electron chi connectivity index (χ4n) is 2.02. The number of carbonyl (C=O) groups is 3. The van der Waals surface area contributed by atoms with E-state index in [1.54, 1.807) is 24.3 Å². The van der Waals surface area contributed by atoms with Gasteiger partial charge in [-0.1, -0.05) is 0 Å². The van der Waals surface area contributed by atoms with Gasteiger partial charge in [0, 0.05) is 24.4 Å². The minimum absolute atomic E-state index is 0.227. The Balaban J connectivity index is 1.96. The van der Waals surface area contributed by atoms with Crippen molar-refractivity contribution in [3.63, 3.8) is 0 Å². The summed E-state index contributed by atoms with van der Waals surface area (Å²) in [4.78, 5) is 34.9. The Morgan fingerprint density at radius 3 is 2.08 bits per heavy atom. The average Bonchev–Trinajstić information content (AvgIpc) is 2.55. The van der Waals surface area contributed by atoms with Crippen LogP contribution >= 0.6 is 0 Å². The number of hydrogen-bond donors (Lipinski definition) is 2. The molecule has 26 heavy (non-hydrogen) atoms. The number of benzene rings is 2. The summed E-state index contributed by atoms with van der Waals surface area (Å²) in [6, 6.07) is 8.69. The van der Waals surface area contributed by atoms with Gasteiger partial charge in [0.25, 0.3) is 5.91 Å². The number of carbonyl (C=O) groups excluding carboxylic acids is 3. The van der Waals surface area contributed by atoms with Crippen LogP contribution in [0.3, 0.4) is 0 Å². The van der Waals surface area contributed by atoms with Crippen molar-refractivity contribution in [2.45, 2.75) is 20.0 Å². The van der Waals surface area contributed by atoms with Crippen LogP contribution in [0.2, 0.25) is 0 Å². The number of nitrogens with one attached hydrogen (secondary N) is 2. The third-order valence-corrected chi connectivity index (χ3v) is 3.28. The van der Waals surface area contributed by atoms with E-state index in [1.807, 2.05) is 0 Å². The Morgan fingerprint density at radius 1 is 0.962 bits per heavy atom. The van der Waals surface area contributed by atoms with Crippen LogP contribution in [0, 0.1) is 11.6 Å². The van der Waals surface area contributed by atoms with E-state index in [2.05, 4.69) is 10.6 Å². The second-order valence-corrected chi connectivity index (χ2v) is 5.42. The zero-order valence-electron chi connectivity index (χ0n) is 14.0. The highest BCUT2D eigenvalue weighted by molar-refractivity contribution is 5.97. The molecule has 8 heteroatoms. The van der Waals surface area contributed by atoms with Crippen LogP contribution in [0.5, 0.6) is 0 Å². The maximum Gasteiger partial charge on any atom is 0.341 e. The number of rotatable bonds is 5. The topological polar surface area (TPSA) is 84.5 Å². The first-order valence-electron chi connectivity index (χ1n) is 7.61. The molecular weight excluding hydrogens is 346 g/mol.